The molecule has 4 amide bonds. The number of nitrogens with zero attached hydrogens (tertiary/aromatic N) is 1. The number of carbonyl (C=O) groups is 3. The van der Waals surface area contributed by atoms with Crippen LogP contribution in [0.5, 0.6) is 0 Å². The van der Waals surface area contributed by atoms with E-state index >= 15 is 0 Å². The number of hydrogen-bond acceptors (Lipinski definition) is 5. The molecule has 1 N–H and O–H groups in total. The average molecular weight is 473 g/mol. The number of hydrogen-bond donors (Lipinski definition) is 1. The number of urea groups is 1. The number of furan rings is 1. The van der Waals surface area contributed by atoms with Gasteiger partial charge >= 0.3 is 6.03 Å². The van der Waals surface area contributed by atoms with Gasteiger partial charge in [-0.05, 0) is 49.4 Å². The van der Waals surface area contributed by atoms with Gasteiger partial charge in [-0.1, -0.05) is 58.7 Å². The summed E-state index contributed by atoms with van der Waals surface area (Å²) in [5.41, 5.74) is 0.956. The molecule has 2 heterocycles. The summed E-state index contributed by atoms with van der Waals surface area (Å²) in [6, 6.07) is 14.9. The Hall–Kier alpha value is -3.00. The van der Waals surface area contributed by atoms with Gasteiger partial charge in [-0.25, -0.2) is 9.69 Å². The van der Waals surface area contributed by atoms with Crippen molar-refractivity contribution in [3.05, 3.63) is 81.5 Å². The first kappa shape index (κ1) is 21.2. The molecular weight excluding hydrogens is 459 g/mol. The van der Waals surface area contributed by atoms with Crippen LogP contribution in [0.3, 0.4) is 0 Å². The maximum Gasteiger partial charge on any atom is 0.336 e. The van der Waals surface area contributed by atoms with Crippen molar-refractivity contribution in [1.82, 2.24) is 5.32 Å². The summed E-state index contributed by atoms with van der Waals surface area (Å²) in [6.07, 6.45) is 1.29. The Morgan fingerprint density at radius 3 is 2.48 bits per heavy atom. The Labute approximate surface area is 191 Å². The van der Waals surface area contributed by atoms with Crippen LogP contribution in [0.4, 0.5) is 10.5 Å². The van der Waals surface area contributed by atoms with Crippen molar-refractivity contribution < 1.29 is 18.8 Å². The SMILES string of the molecule is Cc1ccc(Sc2ccc(/C=C3\C(=O)NC(=O)N(c4cccc(Cl)c4Cl)C3=O)o2)cc1. The Kier molecular flexibility index (Phi) is 5.91. The molecule has 1 aliphatic heterocycles. The number of halogens is 2. The molecule has 1 fully saturated rings. The molecule has 0 bridgehead atoms. The molecule has 9 heteroatoms. The normalized spacial score (nSPS) is 15.5. The number of imide groups is 2. The van der Waals surface area contributed by atoms with Crippen molar-refractivity contribution in [2.45, 2.75) is 16.9 Å². The van der Waals surface area contributed by atoms with E-state index in [9.17, 15) is 14.4 Å². The van der Waals surface area contributed by atoms with E-state index in [1.807, 2.05) is 31.2 Å². The Morgan fingerprint density at radius 2 is 1.74 bits per heavy atom. The highest BCUT2D eigenvalue weighted by atomic mass is 35.5. The second-order valence-electron chi connectivity index (χ2n) is 6.60. The van der Waals surface area contributed by atoms with Crippen LogP contribution in [0.2, 0.25) is 10.0 Å². The highest BCUT2D eigenvalue weighted by molar-refractivity contribution is 7.99. The summed E-state index contributed by atoms with van der Waals surface area (Å²) in [5, 5.41) is 2.92. The fourth-order valence-corrected chi connectivity index (χ4v) is 4.03. The van der Waals surface area contributed by atoms with Gasteiger partial charge in [-0.3, -0.25) is 14.9 Å². The monoisotopic (exact) mass is 472 g/mol. The number of amides is 4. The number of benzene rings is 2. The van der Waals surface area contributed by atoms with E-state index in [4.69, 9.17) is 27.6 Å². The largest absolute Gasteiger partial charge is 0.450 e. The molecule has 6 nitrogen and oxygen atoms in total. The molecule has 1 aromatic heterocycles. The van der Waals surface area contributed by atoms with Crippen molar-refractivity contribution in [3.8, 4) is 0 Å². The third-order valence-corrected chi connectivity index (χ3v) is 6.14. The van der Waals surface area contributed by atoms with Crippen molar-refractivity contribution in [2.75, 3.05) is 4.90 Å². The van der Waals surface area contributed by atoms with E-state index < -0.39 is 17.8 Å². The maximum absolute atomic E-state index is 13.0. The number of rotatable bonds is 4. The van der Waals surface area contributed by atoms with Gasteiger partial charge in [0.25, 0.3) is 11.8 Å². The van der Waals surface area contributed by atoms with E-state index in [0.29, 0.717) is 10.9 Å². The van der Waals surface area contributed by atoms with Gasteiger partial charge < -0.3 is 4.42 Å². The summed E-state index contributed by atoms with van der Waals surface area (Å²) in [5.74, 6) is -1.37. The van der Waals surface area contributed by atoms with Crippen molar-refractivity contribution >= 4 is 64.6 Å². The topological polar surface area (TPSA) is 79.6 Å². The van der Waals surface area contributed by atoms with Gasteiger partial charge in [-0.15, -0.1) is 0 Å². The Morgan fingerprint density at radius 1 is 1.00 bits per heavy atom. The van der Waals surface area contributed by atoms with Gasteiger partial charge in [-0.2, -0.15) is 0 Å². The first-order valence-corrected chi connectivity index (χ1v) is 10.6. The van der Waals surface area contributed by atoms with Crippen LogP contribution in [0, 0.1) is 6.92 Å². The summed E-state index contributed by atoms with van der Waals surface area (Å²) in [4.78, 5) is 39.4. The van der Waals surface area contributed by atoms with Crippen molar-refractivity contribution in [2.24, 2.45) is 0 Å². The molecule has 0 atom stereocenters. The number of barbiturate groups is 1. The van der Waals surface area contributed by atoms with Crippen molar-refractivity contribution in [1.29, 1.82) is 0 Å². The minimum atomic E-state index is -0.911. The fourth-order valence-electron chi connectivity index (χ4n) is 2.87. The quantitative estimate of drug-likeness (QED) is 0.388. The first-order chi connectivity index (χ1) is 14.8. The van der Waals surface area contributed by atoms with Crippen LogP contribution < -0.4 is 10.2 Å². The summed E-state index contributed by atoms with van der Waals surface area (Å²) < 4.78 is 5.73. The zero-order chi connectivity index (χ0) is 22.1. The number of aryl methyl sites for hydroxylation is 1. The lowest BCUT2D eigenvalue weighted by atomic mass is 10.1. The predicted molar refractivity (Wildman–Crippen MR) is 119 cm³/mol. The standard InChI is InChI=1S/C22H14Cl2N2O4S/c1-12-5-8-14(9-6-12)31-18-10-7-13(30-18)11-15-20(27)25-22(29)26(21(15)28)17-4-2-3-16(23)19(17)24/h2-11H,1H3,(H,25,27,29)/b15-11+. The highest BCUT2D eigenvalue weighted by Gasteiger charge is 2.38. The molecule has 3 aromatic rings. The lowest BCUT2D eigenvalue weighted by molar-refractivity contribution is -0.122. The van der Waals surface area contributed by atoms with E-state index in [0.717, 1.165) is 15.4 Å². The molecule has 4 rings (SSSR count). The molecule has 156 valence electrons. The van der Waals surface area contributed by atoms with Gasteiger partial charge in [0, 0.05) is 4.90 Å². The Balaban J connectivity index is 1.62. The second-order valence-corrected chi connectivity index (χ2v) is 8.47. The highest BCUT2D eigenvalue weighted by Crippen LogP contribution is 2.35. The van der Waals surface area contributed by atoms with Crippen LogP contribution in [-0.2, 0) is 9.59 Å². The molecule has 1 saturated heterocycles. The molecule has 0 spiro atoms. The van der Waals surface area contributed by atoms with E-state index in [2.05, 4.69) is 5.32 Å². The van der Waals surface area contributed by atoms with Crippen LogP contribution in [0.25, 0.3) is 6.08 Å². The zero-order valence-corrected chi connectivity index (χ0v) is 18.3. The molecule has 0 radical (unpaired) electrons. The number of anilines is 1. The summed E-state index contributed by atoms with van der Waals surface area (Å²) in [6.45, 7) is 2.00. The molecule has 1 aliphatic rings. The molecule has 0 saturated carbocycles. The lowest BCUT2D eigenvalue weighted by Crippen LogP contribution is -2.54. The maximum atomic E-state index is 13.0. The third-order valence-electron chi connectivity index (χ3n) is 4.40. The van der Waals surface area contributed by atoms with Gasteiger partial charge in [0.2, 0.25) is 0 Å². The summed E-state index contributed by atoms with van der Waals surface area (Å²) in [7, 11) is 0. The minimum absolute atomic E-state index is 0.0242. The lowest BCUT2D eigenvalue weighted by Gasteiger charge is -2.27. The van der Waals surface area contributed by atoms with Gasteiger partial charge in [0.15, 0.2) is 5.09 Å². The van der Waals surface area contributed by atoms with Crippen molar-refractivity contribution in [3.63, 3.8) is 0 Å². The molecule has 2 aromatic carbocycles. The van der Waals surface area contributed by atoms with Gasteiger partial charge in [0.1, 0.15) is 11.3 Å². The molecule has 0 aliphatic carbocycles. The van der Waals surface area contributed by atoms with Crippen LogP contribution in [-0.4, -0.2) is 17.8 Å². The van der Waals surface area contributed by atoms with E-state index in [-0.39, 0.29) is 21.3 Å². The number of carbonyl (C=O) groups excluding carboxylic acids is 3. The Bertz CT molecular complexity index is 1230. The van der Waals surface area contributed by atoms with Crippen LogP contribution >= 0.6 is 35.0 Å². The predicted octanol–water partition coefficient (Wildman–Crippen LogP) is 5.71. The molecule has 31 heavy (non-hydrogen) atoms. The second kappa shape index (κ2) is 8.63. The molecule has 0 unspecified atom stereocenters. The smallest absolute Gasteiger partial charge is 0.336 e. The zero-order valence-electron chi connectivity index (χ0n) is 16.0. The van der Waals surface area contributed by atoms with Gasteiger partial charge in [0.05, 0.1) is 15.7 Å². The fraction of sp³-hybridized carbons (Fsp3) is 0.0455. The molecular formula is C22H14Cl2N2O4S. The first-order valence-electron chi connectivity index (χ1n) is 9.03. The van der Waals surface area contributed by atoms with Crippen LogP contribution in [0.15, 0.2) is 74.6 Å². The van der Waals surface area contributed by atoms with Crippen LogP contribution in [0.1, 0.15) is 11.3 Å². The minimum Gasteiger partial charge on any atom is -0.450 e. The van der Waals surface area contributed by atoms with E-state index in [1.165, 1.54) is 30.0 Å². The summed E-state index contributed by atoms with van der Waals surface area (Å²) >= 11 is 13.6. The third kappa shape index (κ3) is 4.39. The van der Waals surface area contributed by atoms with E-state index in [1.54, 1.807) is 18.2 Å². The average Bonchev–Trinajstić information content (AvgIpc) is 3.17. The number of nitrogens with one attached hydrogen (secondary N) is 1.